The van der Waals surface area contributed by atoms with Crippen molar-refractivity contribution in [1.82, 2.24) is 15.6 Å². The molecule has 0 aliphatic rings. The van der Waals surface area contributed by atoms with Gasteiger partial charge in [-0.1, -0.05) is 13.0 Å². The lowest BCUT2D eigenvalue weighted by molar-refractivity contribution is 0.505. The lowest BCUT2D eigenvalue weighted by Gasteiger charge is -2.13. The SMILES string of the molecule is CCNCC(C)NCc1cccc(=O)[nH]1. The van der Waals surface area contributed by atoms with Crippen molar-refractivity contribution in [2.75, 3.05) is 13.1 Å². The molecule has 1 atom stereocenters. The van der Waals surface area contributed by atoms with Crippen molar-refractivity contribution in [2.24, 2.45) is 0 Å². The minimum Gasteiger partial charge on any atom is -0.325 e. The first-order valence-electron chi connectivity index (χ1n) is 5.34. The van der Waals surface area contributed by atoms with Gasteiger partial charge < -0.3 is 15.6 Å². The van der Waals surface area contributed by atoms with Crippen LogP contribution in [0.5, 0.6) is 0 Å². The van der Waals surface area contributed by atoms with Crippen molar-refractivity contribution >= 4 is 0 Å². The van der Waals surface area contributed by atoms with Crippen molar-refractivity contribution < 1.29 is 0 Å². The second kappa shape index (κ2) is 6.37. The maximum Gasteiger partial charge on any atom is 0.248 e. The number of hydrogen-bond donors (Lipinski definition) is 3. The van der Waals surface area contributed by atoms with Crippen molar-refractivity contribution in [1.29, 1.82) is 0 Å². The number of pyridine rings is 1. The van der Waals surface area contributed by atoms with Crippen molar-refractivity contribution in [2.45, 2.75) is 26.4 Å². The summed E-state index contributed by atoms with van der Waals surface area (Å²) in [7, 11) is 0. The van der Waals surface area contributed by atoms with Crippen LogP contribution in [0.2, 0.25) is 0 Å². The molecule has 1 heterocycles. The molecule has 0 amide bonds. The van der Waals surface area contributed by atoms with Gasteiger partial charge in [0, 0.05) is 30.9 Å². The Morgan fingerprint density at radius 1 is 1.47 bits per heavy atom. The van der Waals surface area contributed by atoms with Crippen molar-refractivity contribution in [3.05, 3.63) is 34.2 Å². The molecular weight excluding hydrogens is 190 g/mol. The van der Waals surface area contributed by atoms with E-state index in [1.807, 2.05) is 6.07 Å². The van der Waals surface area contributed by atoms with E-state index in [1.165, 1.54) is 6.07 Å². The number of aromatic amines is 1. The van der Waals surface area contributed by atoms with E-state index in [-0.39, 0.29) is 5.56 Å². The highest BCUT2D eigenvalue weighted by atomic mass is 16.1. The molecule has 0 aliphatic carbocycles. The van der Waals surface area contributed by atoms with Crippen LogP contribution in [0.3, 0.4) is 0 Å². The average Bonchev–Trinajstić information content (AvgIpc) is 2.23. The van der Waals surface area contributed by atoms with E-state index < -0.39 is 0 Å². The molecule has 1 aromatic rings. The highest BCUT2D eigenvalue weighted by Gasteiger charge is 2.00. The Morgan fingerprint density at radius 2 is 2.27 bits per heavy atom. The molecule has 0 aromatic carbocycles. The van der Waals surface area contributed by atoms with Gasteiger partial charge in [-0.15, -0.1) is 0 Å². The summed E-state index contributed by atoms with van der Waals surface area (Å²) in [6.07, 6.45) is 0. The van der Waals surface area contributed by atoms with E-state index in [2.05, 4.69) is 29.5 Å². The fraction of sp³-hybridized carbons (Fsp3) is 0.545. The quantitative estimate of drug-likeness (QED) is 0.638. The summed E-state index contributed by atoms with van der Waals surface area (Å²) in [5, 5.41) is 6.59. The normalized spacial score (nSPS) is 12.7. The van der Waals surface area contributed by atoms with Gasteiger partial charge in [0.1, 0.15) is 0 Å². The van der Waals surface area contributed by atoms with Crippen LogP contribution in [0, 0.1) is 0 Å². The molecule has 0 bridgehead atoms. The fourth-order valence-electron chi connectivity index (χ4n) is 1.31. The third-order valence-electron chi connectivity index (χ3n) is 2.17. The van der Waals surface area contributed by atoms with Crippen LogP contribution in [0.1, 0.15) is 19.5 Å². The van der Waals surface area contributed by atoms with Crippen LogP contribution in [0.15, 0.2) is 23.0 Å². The van der Waals surface area contributed by atoms with Gasteiger partial charge in [-0.05, 0) is 19.5 Å². The zero-order valence-electron chi connectivity index (χ0n) is 9.34. The summed E-state index contributed by atoms with van der Waals surface area (Å²) >= 11 is 0. The van der Waals surface area contributed by atoms with E-state index in [0.717, 1.165) is 18.8 Å². The smallest absolute Gasteiger partial charge is 0.248 e. The molecule has 3 N–H and O–H groups in total. The molecule has 0 saturated heterocycles. The van der Waals surface area contributed by atoms with Gasteiger partial charge in [0.05, 0.1) is 0 Å². The fourth-order valence-corrected chi connectivity index (χ4v) is 1.31. The third kappa shape index (κ3) is 4.76. The second-order valence-corrected chi connectivity index (χ2v) is 3.63. The Kier molecular flexibility index (Phi) is 5.07. The van der Waals surface area contributed by atoms with Crippen LogP contribution in [-0.4, -0.2) is 24.1 Å². The first kappa shape index (κ1) is 11.9. The monoisotopic (exact) mass is 209 g/mol. The summed E-state index contributed by atoms with van der Waals surface area (Å²) in [6, 6.07) is 5.60. The van der Waals surface area contributed by atoms with Gasteiger partial charge in [0.25, 0.3) is 0 Å². The lowest BCUT2D eigenvalue weighted by Crippen LogP contribution is -2.36. The molecular formula is C11H19N3O. The number of rotatable bonds is 6. The predicted octanol–water partition coefficient (Wildman–Crippen LogP) is 0.462. The minimum absolute atomic E-state index is 0.0476. The van der Waals surface area contributed by atoms with Crippen LogP contribution in [-0.2, 0) is 6.54 Å². The van der Waals surface area contributed by atoms with E-state index in [0.29, 0.717) is 12.6 Å². The number of likely N-dealkylation sites (N-methyl/N-ethyl adjacent to an activating group) is 1. The summed E-state index contributed by atoms with van der Waals surface area (Å²) in [6.45, 7) is 6.81. The Hall–Kier alpha value is -1.13. The van der Waals surface area contributed by atoms with Crippen molar-refractivity contribution in [3.8, 4) is 0 Å². The first-order valence-corrected chi connectivity index (χ1v) is 5.34. The molecule has 0 fully saturated rings. The number of aromatic nitrogens is 1. The van der Waals surface area contributed by atoms with E-state index in [4.69, 9.17) is 0 Å². The maximum absolute atomic E-state index is 11.0. The van der Waals surface area contributed by atoms with Gasteiger partial charge in [-0.25, -0.2) is 0 Å². The topological polar surface area (TPSA) is 56.9 Å². The average molecular weight is 209 g/mol. The van der Waals surface area contributed by atoms with Crippen molar-refractivity contribution in [3.63, 3.8) is 0 Å². The van der Waals surface area contributed by atoms with Crippen LogP contribution in [0.25, 0.3) is 0 Å². The number of hydrogen-bond acceptors (Lipinski definition) is 3. The van der Waals surface area contributed by atoms with E-state index >= 15 is 0 Å². The largest absolute Gasteiger partial charge is 0.325 e. The molecule has 0 saturated carbocycles. The first-order chi connectivity index (χ1) is 7.22. The Morgan fingerprint density at radius 3 is 2.93 bits per heavy atom. The number of H-pyrrole nitrogens is 1. The van der Waals surface area contributed by atoms with Gasteiger partial charge in [-0.3, -0.25) is 4.79 Å². The van der Waals surface area contributed by atoms with Crippen LogP contribution in [0.4, 0.5) is 0 Å². The standard InChI is InChI=1S/C11H19N3O/c1-3-12-7-9(2)13-8-10-5-4-6-11(15)14-10/h4-6,9,12-13H,3,7-8H2,1-2H3,(H,14,15). The zero-order chi connectivity index (χ0) is 11.1. The highest BCUT2D eigenvalue weighted by molar-refractivity contribution is 5.03. The van der Waals surface area contributed by atoms with Crippen LogP contribution >= 0.6 is 0 Å². The summed E-state index contributed by atoms with van der Waals surface area (Å²) < 4.78 is 0. The summed E-state index contributed by atoms with van der Waals surface area (Å²) in [4.78, 5) is 13.8. The molecule has 0 spiro atoms. The molecule has 1 unspecified atom stereocenters. The Labute approximate surface area is 90.1 Å². The highest BCUT2D eigenvalue weighted by Crippen LogP contribution is 1.90. The molecule has 1 rings (SSSR count). The maximum atomic E-state index is 11.0. The summed E-state index contributed by atoms with van der Waals surface area (Å²) in [5.74, 6) is 0. The van der Waals surface area contributed by atoms with Gasteiger partial charge in [0.15, 0.2) is 0 Å². The molecule has 15 heavy (non-hydrogen) atoms. The zero-order valence-corrected chi connectivity index (χ0v) is 9.34. The van der Waals surface area contributed by atoms with Gasteiger partial charge >= 0.3 is 0 Å². The lowest BCUT2D eigenvalue weighted by atomic mass is 10.3. The van der Waals surface area contributed by atoms with Crippen LogP contribution < -0.4 is 16.2 Å². The van der Waals surface area contributed by atoms with E-state index in [1.54, 1.807) is 6.07 Å². The molecule has 0 radical (unpaired) electrons. The Balaban J connectivity index is 2.33. The second-order valence-electron chi connectivity index (χ2n) is 3.63. The van der Waals surface area contributed by atoms with Gasteiger partial charge in [-0.2, -0.15) is 0 Å². The molecule has 4 nitrogen and oxygen atoms in total. The summed E-state index contributed by atoms with van der Waals surface area (Å²) in [5.41, 5.74) is 0.875. The van der Waals surface area contributed by atoms with Gasteiger partial charge in [0.2, 0.25) is 5.56 Å². The molecule has 4 heteroatoms. The molecule has 1 aromatic heterocycles. The number of nitrogens with one attached hydrogen (secondary N) is 3. The van der Waals surface area contributed by atoms with E-state index in [9.17, 15) is 4.79 Å². The Bertz CT molecular complexity index is 335. The minimum atomic E-state index is -0.0476. The third-order valence-corrected chi connectivity index (χ3v) is 2.17. The molecule has 84 valence electrons. The predicted molar refractivity (Wildman–Crippen MR) is 61.9 cm³/mol. The molecule has 0 aliphatic heterocycles.